The Morgan fingerprint density at radius 2 is 1.67 bits per heavy atom. The first-order valence-electron chi connectivity index (χ1n) is 7.32. The molecule has 3 nitrogen and oxygen atoms in total. The van der Waals surface area contributed by atoms with Gasteiger partial charge >= 0.3 is 0 Å². The molecule has 2 aromatic rings. The van der Waals surface area contributed by atoms with Gasteiger partial charge in [0, 0.05) is 21.5 Å². The maximum absolute atomic E-state index is 12.9. The maximum atomic E-state index is 12.9. The smallest absolute Gasteiger partial charge is 0.210 e. The second kappa shape index (κ2) is 7.99. The molecule has 130 valence electrons. The number of benzene rings is 2. The molecule has 0 heterocycles. The topological polar surface area (TPSA) is 46.2 Å². The second-order valence-electron chi connectivity index (χ2n) is 5.95. The van der Waals surface area contributed by atoms with Crippen LogP contribution < -0.4 is 4.72 Å². The number of sulfonamides is 1. The molecule has 0 amide bonds. The van der Waals surface area contributed by atoms with E-state index in [2.05, 4.69) is 20.7 Å². The first-order chi connectivity index (χ1) is 11.2. The van der Waals surface area contributed by atoms with E-state index >= 15 is 0 Å². The molecule has 0 saturated carbocycles. The van der Waals surface area contributed by atoms with Crippen LogP contribution in [-0.4, -0.2) is 19.7 Å². The van der Waals surface area contributed by atoms with Crippen molar-refractivity contribution in [2.45, 2.75) is 29.2 Å². The van der Waals surface area contributed by atoms with Crippen LogP contribution in [0.15, 0.2) is 57.9 Å². The van der Waals surface area contributed by atoms with Crippen molar-refractivity contribution in [1.29, 1.82) is 0 Å². The third kappa shape index (κ3) is 5.88. The van der Waals surface area contributed by atoms with Gasteiger partial charge < -0.3 is 0 Å². The van der Waals surface area contributed by atoms with E-state index < -0.39 is 10.0 Å². The van der Waals surface area contributed by atoms with Crippen molar-refractivity contribution in [2.75, 3.05) is 6.54 Å². The lowest BCUT2D eigenvalue weighted by molar-refractivity contribution is 0.570. The van der Waals surface area contributed by atoms with Gasteiger partial charge in [0.2, 0.25) is 10.0 Å². The highest BCUT2D eigenvalue weighted by molar-refractivity contribution is 9.10. The summed E-state index contributed by atoms with van der Waals surface area (Å²) in [5.74, 6) is 0.429. The highest BCUT2D eigenvalue weighted by atomic mass is 79.9. The van der Waals surface area contributed by atoms with Crippen LogP contribution in [0.25, 0.3) is 0 Å². The highest BCUT2D eigenvalue weighted by Crippen LogP contribution is 2.28. The lowest BCUT2D eigenvalue weighted by Crippen LogP contribution is -2.36. The molecule has 0 bridgehead atoms. The Labute approximate surface area is 155 Å². The van der Waals surface area contributed by atoms with Crippen molar-refractivity contribution in [2.24, 2.45) is 0 Å². The molecule has 0 fully saturated rings. The van der Waals surface area contributed by atoms with Crippen LogP contribution in [0.4, 0.5) is 4.39 Å². The molecule has 24 heavy (non-hydrogen) atoms. The molecule has 0 aromatic heterocycles. The minimum Gasteiger partial charge on any atom is -0.210 e. The number of hydrogen-bond acceptors (Lipinski definition) is 3. The standard InChI is InChI=1S/C17H19BrFNO2S2/c1-17(2,23-11-13-3-7-15(19)8-4-13)12-20-24(21,22)16-9-5-14(18)6-10-16/h3-10,20H,11-12H2,1-2H3. The molecule has 2 rings (SSSR count). The Bertz CT molecular complexity index is 775. The van der Waals surface area contributed by atoms with E-state index in [4.69, 9.17) is 0 Å². The quantitative estimate of drug-likeness (QED) is 0.697. The summed E-state index contributed by atoms with van der Waals surface area (Å²) in [7, 11) is -3.53. The van der Waals surface area contributed by atoms with Gasteiger partial charge in [0.25, 0.3) is 0 Å². The first-order valence-corrected chi connectivity index (χ1v) is 10.6. The molecule has 0 atom stereocenters. The van der Waals surface area contributed by atoms with Gasteiger partial charge in [-0.25, -0.2) is 17.5 Å². The summed E-state index contributed by atoms with van der Waals surface area (Å²) in [6.07, 6.45) is 0. The molecule has 7 heteroatoms. The SMILES string of the molecule is CC(C)(CNS(=O)(=O)c1ccc(Br)cc1)SCc1ccc(F)cc1. The maximum Gasteiger partial charge on any atom is 0.240 e. The largest absolute Gasteiger partial charge is 0.240 e. The Hall–Kier alpha value is -0.890. The Kier molecular flexibility index (Phi) is 6.47. The van der Waals surface area contributed by atoms with Crippen LogP contribution in [0.2, 0.25) is 0 Å². The van der Waals surface area contributed by atoms with Crippen LogP contribution >= 0.6 is 27.7 Å². The average molecular weight is 432 g/mol. The summed E-state index contributed by atoms with van der Waals surface area (Å²) in [6.45, 7) is 4.26. The molecule has 0 aliphatic carbocycles. The zero-order chi connectivity index (χ0) is 17.8. The van der Waals surface area contributed by atoms with E-state index in [-0.39, 0.29) is 15.5 Å². The van der Waals surface area contributed by atoms with Crippen LogP contribution in [0.3, 0.4) is 0 Å². The summed E-state index contributed by atoms with van der Waals surface area (Å²) in [5, 5.41) is 0. The Morgan fingerprint density at radius 3 is 2.25 bits per heavy atom. The molecule has 2 aromatic carbocycles. The average Bonchev–Trinajstić information content (AvgIpc) is 2.53. The fraction of sp³-hybridized carbons (Fsp3) is 0.294. The zero-order valence-corrected chi connectivity index (χ0v) is 16.6. The molecule has 0 radical (unpaired) electrons. The Morgan fingerprint density at radius 1 is 1.08 bits per heavy atom. The summed E-state index contributed by atoms with van der Waals surface area (Å²) in [5.41, 5.74) is 1.00. The van der Waals surface area contributed by atoms with Crippen LogP contribution in [-0.2, 0) is 15.8 Å². The van der Waals surface area contributed by atoms with Gasteiger partial charge in [0.15, 0.2) is 0 Å². The van der Waals surface area contributed by atoms with Gasteiger partial charge in [-0.2, -0.15) is 0 Å². The van der Waals surface area contributed by atoms with Crippen LogP contribution in [0.1, 0.15) is 19.4 Å². The van der Waals surface area contributed by atoms with Crippen molar-refractivity contribution in [3.8, 4) is 0 Å². The predicted octanol–water partition coefficient (Wildman–Crippen LogP) is 4.58. The summed E-state index contributed by atoms with van der Waals surface area (Å²) in [4.78, 5) is 0.241. The first kappa shape index (κ1) is 19.4. The third-order valence-corrected chi connectivity index (χ3v) is 6.70. The Balaban J connectivity index is 1.93. The molecule has 1 N–H and O–H groups in total. The second-order valence-corrected chi connectivity index (χ2v) is 10.3. The minimum atomic E-state index is -3.53. The van der Waals surface area contributed by atoms with Crippen molar-refractivity contribution < 1.29 is 12.8 Å². The van der Waals surface area contributed by atoms with Crippen LogP contribution in [0, 0.1) is 5.82 Å². The van der Waals surface area contributed by atoms with Gasteiger partial charge in [-0.05, 0) is 55.8 Å². The minimum absolute atomic E-state index is 0.241. The zero-order valence-electron chi connectivity index (χ0n) is 13.4. The van der Waals surface area contributed by atoms with E-state index in [1.807, 2.05) is 13.8 Å². The fourth-order valence-electron chi connectivity index (χ4n) is 1.88. The molecule has 0 aliphatic heterocycles. The highest BCUT2D eigenvalue weighted by Gasteiger charge is 2.23. The molecule has 0 saturated heterocycles. The lowest BCUT2D eigenvalue weighted by atomic mass is 10.2. The van der Waals surface area contributed by atoms with E-state index in [1.165, 1.54) is 12.1 Å². The van der Waals surface area contributed by atoms with Crippen molar-refractivity contribution in [3.63, 3.8) is 0 Å². The lowest BCUT2D eigenvalue weighted by Gasteiger charge is -2.24. The summed E-state index contributed by atoms with van der Waals surface area (Å²) >= 11 is 4.91. The van der Waals surface area contributed by atoms with Gasteiger partial charge in [-0.3, -0.25) is 0 Å². The number of rotatable bonds is 7. The number of halogens is 2. The normalized spacial score (nSPS) is 12.3. The summed E-state index contributed by atoms with van der Waals surface area (Å²) in [6, 6.07) is 12.9. The van der Waals surface area contributed by atoms with Crippen molar-refractivity contribution in [3.05, 3.63) is 64.4 Å². The molecule has 0 spiro atoms. The van der Waals surface area contributed by atoms with E-state index in [0.29, 0.717) is 12.3 Å². The number of thioether (sulfide) groups is 1. The van der Waals surface area contributed by atoms with Crippen molar-refractivity contribution in [1.82, 2.24) is 4.72 Å². The van der Waals surface area contributed by atoms with Gasteiger partial charge in [-0.15, -0.1) is 11.8 Å². The van der Waals surface area contributed by atoms with Crippen LogP contribution in [0.5, 0.6) is 0 Å². The van der Waals surface area contributed by atoms with E-state index in [1.54, 1.807) is 48.2 Å². The molecular formula is C17H19BrFNO2S2. The fourth-order valence-corrected chi connectivity index (χ4v) is 4.37. The predicted molar refractivity (Wildman–Crippen MR) is 101 cm³/mol. The van der Waals surface area contributed by atoms with E-state index in [0.717, 1.165) is 10.0 Å². The number of hydrogen-bond donors (Lipinski definition) is 1. The monoisotopic (exact) mass is 431 g/mol. The van der Waals surface area contributed by atoms with Gasteiger partial charge in [-0.1, -0.05) is 28.1 Å². The number of nitrogens with one attached hydrogen (secondary N) is 1. The van der Waals surface area contributed by atoms with E-state index in [9.17, 15) is 12.8 Å². The van der Waals surface area contributed by atoms with Gasteiger partial charge in [0.05, 0.1) is 4.90 Å². The van der Waals surface area contributed by atoms with Gasteiger partial charge in [0.1, 0.15) is 5.82 Å². The summed E-state index contributed by atoms with van der Waals surface area (Å²) < 4.78 is 40.8. The molecule has 0 aliphatic rings. The van der Waals surface area contributed by atoms with Crippen molar-refractivity contribution >= 4 is 37.7 Å². The third-order valence-electron chi connectivity index (χ3n) is 3.35. The molecular weight excluding hydrogens is 413 g/mol. The molecule has 0 unspecified atom stereocenters.